The molecular weight excluding hydrogens is 301 g/mol. The zero-order chi connectivity index (χ0) is 16.4. The largest absolute Gasteiger partial charge is 0.481 e. The average molecular weight is 317 g/mol. The smallest absolute Gasteiger partial charge is 0.306 e. The lowest BCUT2D eigenvalue weighted by molar-refractivity contribution is -0.143. The van der Waals surface area contributed by atoms with Crippen molar-refractivity contribution in [2.24, 2.45) is 5.92 Å². The molecule has 23 heavy (non-hydrogen) atoms. The molecule has 0 spiro atoms. The van der Waals surface area contributed by atoms with Crippen LogP contribution < -0.4 is 0 Å². The standard InChI is InChI=1S/C17H16FNO4/c18-13-3-1-11(2-4-13)14-5-6-15(23-14)16(20)19-9-7-12(8-10-19)17(21)22/h1-6,12H,7-10H2,(H,21,22). The van der Waals surface area contributed by atoms with Gasteiger partial charge in [0.25, 0.3) is 5.91 Å². The van der Waals surface area contributed by atoms with Gasteiger partial charge in [0.1, 0.15) is 11.6 Å². The molecule has 5 nitrogen and oxygen atoms in total. The van der Waals surface area contributed by atoms with Gasteiger partial charge in [-0.2, -0.15) is 0 Å². The van der Waals surface area contributed by atoms with Crippen molar-refractivity contribution in [2.75, 3.05) is 13.1 Å². The summed E-state index contributed by atoms with van der Waals surface area (Å²) < 4.78 is 18.5. The Morgan fingerprint density at radius 2 is 1.74 bits per heavy atom. The fourth-order valence-electron chi connectivity index (χ4n) is 2.71. The number of carbonyl (C=O) groups excluding carboxylic acids is 1. The fraction of sp³-hybridized carbons (Fsp3) is 0.294. The molecule has 0 atom stereocenters. The van der Waals surface area contributed by atoms with Crippen molar-refractivity contribution in [1.82, 2.24) is 4.90 Å². The first-order valence-corrected chi connectivity index (χ1v) is 7.42. The molecule has 1 amide bonds. The van der Waals surface area contributed by atoms with Crippen LogP contribution in [0.25, 0.3) is 11.3 Å². The Kier molecular flexibility index (Phi) is 4.14. The normalized spacial score (nSPS) is 15.6. The van der Waals surface area contributed by atoms with E-state index in [0.29, 0.717) is 37.3 Å². The molecule has 1 saturated heterocycles. The van der Waals surface area contributed by atoms with Crippen LogP contribution in [0.1, 0.15) is 23.4 Å². The van der Waals surface area contributed by atoms with E-state index < -0.39 is 5.97 Å². The summed E-state index contributed by atoms with van der Waals surface area (Å²) in [4.78, 5) is 24.9. The van der Waals surface area contributed by atoms with Gasteiger partial charge in [-0.05, 0) is 49.2 Å². The summed E-state index contributed by atoms with van der Waals surface area (Å²) in [6.07, 6.45) is 0.902. The van der Waals surface area contributed by atoms with E-state index in [-0.39, 0.29) is 23.4 Å². The maximum atomic E-state index is 12.9. The number of hydrogen-bond acceptors (Lipinski definition) is 3. The molecule has 1 aromatic heterocycles. The van der Waals surface area contributed by atoms with Gasteiger partial charge in [0, 0.05) is 18.7 Å². The van der Waals surface area contributed by atoms with Crippen molar-refractivity contribution in [3.63, 3.8) is 0 Å². The number of likely N-dealkylation sites (tertiary alicyclic amines) is 1. The van der Waals surface area contributed by atoms with Gasteiger partial charge in [-0.1, -0.05) is 0 Å². The zero-order valence-electron chi connectivity index (χ0n) is 12.4. The molecule has 0 saturated carbocycles. The highest BCUT2D eigenvalue weighted by Gasteiger charge is 2.28. The van der Waals surface area contributed by atoms with Crippen LogP contribution in [0.3, 0.4) is 0 Å². The molecule has 120 valence electrons. The van der Waals surface area contributed by atoms with Gasteiger partial charge in [0.05, 0.1) is 5.92 Å². The number of rotatable bonds is 3. The van der Waals surface area contributed by atoms with E-state index >= 15 is 0 Å². The Bertz CT molecular complexity index is 714. The van der Waals surface area contributed by atoms with Crippen LogP contribution in [0.5, 0.6) is 0 Å². The summed E-state index contributed by atoms with van der Waals surface area (Å²) in [5.74, 6) is -1.08. The first-order valence-electron chi connectivity index (χ1n) is 7.42. The number of nitrogens with zero attached hydrogens (tertiary/aromatic N) is 1. The highest BCUT2D eigenvalue weighted by molar-refractivity contribution is 5.92. The van der Waals surface area contributed by atoms with E-state index in [1.807, 2.05) is 0 Å². The number of furan rings is 1. The highest BCUT2D eigenvalue weighted by atomic mass is 19.1. The molecule has 0 radical (unpaired) electrons. The number of halogens is 1. The number of piperidine rings is 1. The highest BCUT2D eigenvalue weighted by Crippen LogP contribution is 2.25. The number of carboxylic acids is 1. The van der Waals surface area contributed by atoms with Crippen molar-refractivity contribution in [3.8, 4) is 11.3 Å². The Balaban J connectivity index is 1.69. The Morgan fingerprint density at radius 1 is 1.09 bits per heavy atom. The van der Waals surface area contributed by atoms with Gasteiger partial charge in [-0.3, -0.25) is 9.59 Å². The van der Waals surface area contributed by atoms with Crippen molar-refractivity contribution < 1.29 is 23.5 Å². The second-order valence-electron chi connectivity index (χ2n) is 5.58. The molecule has 2 heterocycles. The quantitative estimate of drug-likeness (QED) is 0.944. The van der Waals surface area contributed by atoms with E-state index in [1.165, 1.54) is 12.1 Å². The van der Waals surface area contributed by atoms with Gasteiger partial charge >= 0.3 is 5.97 Å². The van der Waals surface area contributed by atoms with E-state index in [1.54, 1.807) is 29.2 Å². The first-order chi connectivity index (χ1) is 11.0. The molecule has 1 aromatic carbocycles. The molecule has 1 aliphatic rings. The van der Waals surface area contributed by atoms with E-state index in [4.69, 9.17) is 9.52 Å². The minimum Gasteiger partial charge on any atom is -0.481 e. The predicted molar refractivity (Wildman–Crippen MR) is 80.4 cm³/mol. The van der Waals surface area contributed by atoms with Crippen LogP contribution in [0.15, 0.2) is 40.8 Å². The van der Waals surface area contributed by atoms with Crippen LogP contribution in [-0.2, 0) is 4.79 Å². The van der Waals surface area contributed by atoms with Crippen molar-refractivity contribution in [1.29, 1.82) is 0 Å². The minimum absolute atomic E-state index is 0.207. The Labute approximate surface area is 132 Å². The molecular formula is C17H16FNO4. The molecule has 6 heteroatoms. The lowest BCUT2D eigenvalue weighted by atomic mass is 9.97. The SMILES string of the molecule is O=C(O)C1CCN(C(=O)c2ccc(-c3ccc(F)cc3)o2)CC1. The summed E-state index contributed by atoms with van der Waals surface area (Å²) >= 11 is 0. The minimum atomic E-state index is -0.811. The molecule has 1 fully saturated rings. The maximum Gasteiger partial charge on any atom is 0.306 e. The average Bonchev–Trinajstić information content (AvgIpc) is 3.05. The number of carbonyl (C=O) groups is 2. The van der Waals surface area contributed by atoms with Crippen molar-refractivity contribution >= 4 is 11.9 Å². The van der Waals surface area contributed by atoms with Crippen LogP contribution in [0.4, 0.5) is 4.39 Å². The van der Waals surface area contributed by atoms with Gasteiger partial charge < -0.3 is 14.4 Å². The van der Waals surface area contributed by atoms with E-state index in [9.17, 15) is 14.0 Å². The predicted octanol–water partition coefficient (Wildman–Crippen LogP) is 3.02. The van der Waals surface area contributed by atoms with Gasteiger partial charge in [-0.15, -0.1) is 0 Å². The summed E-state index contributed by atoms with van der Waals surface area (Å²) in [7, 11) is 0. The van der Waals surface area contributed by atoms with Crippen LogP contribution in [0, 0.1) is 11.7 Å². The second kappa shape index (κ2) is 6.24. The summed E-state index contributed by atoms with van der Waals surface area (Å²) in [6, 6.07) is 9.09. The van der Waals surface area contributed by atoms with E-state index in [2.05, 4.69) is 0 Å². The van der Waals surface area contributed by atoms with Crippen LogP contribution >= 0.6 is 0 Å². The third kappa shape index (κ3) is 3.26. The Morgan fingerprint density at radius 3 is 2.35 bits per heavy atom. The molecule has 1 aliphatic heterocycles. The number of hydrogen-bond donors (Lipinski definition) is 1. The van der Waals surface area contributed by atoms with Crippen LogP contribution in [-0.4, -0.2) is 35.0 Å². The molecule has 1 N–H and O–H groups in total. The monoisotopic (exact) mass is 317 g/mol. The second-order valence-corrected chi connectivity index (χ2v) is 5.58. The fourth-order valence-corrected chi connectivity index (χ4v) is 2.71. The number of aliphatic carboxylic acids is 1. The molecule has 2 aromatic rings. The number of amides is 1. The molecule has 3 rings (SSSR count). The van der Waals surface area contributed by atoms with E-state index in [0.717, 1.165) is 0 Å². The first kappa shape index (κ1) is 15.3. The third-order valence-electron chi connectivity index (χ3n) is 4.08. The van der Waals surface area contributed by atoms with Gasteiger partial charge in [0.15, 0.2) is 5.76 Å². The topological polar surface area (TPSA) is 70.8 Å². The third-order valence-corrected chi connectivity index (χ3v) is 4.08. The van der Waals surface area contributed by atoms with Gasteiger partial charge in [-0.25, -0.2) is 4.39 Å². The maximum absolute atomic E-state index is 12.9. The summed E-state index contributed by atoms with van der Waals surface area (Å²) in [5.41, 5.74) is 0.690. The van der Waals surface area contributed by atoms with Crippen molar-refractivity contribution in [3.05, 3.63) is 48.0 Å². The lowest BCUT2D eigenvalue weighted by Crippen LogP contribution is -2.40. The van der Waals surface area contributed by atoms with Gasteiger partial charge in [0.2, 0.25) is 0 Å². The zero-order valence-corrected chi connectivity index (χ0v) is 12.4. The summed E-state index contributed by atoms with van der Waals surface area (Å²) in [5, 5.41) is 8.98. The molecule has 0 aliphatic carbocycles. The summed E-state index contributed by atoms with van der Waals surface area (Å²) in [6.45, 7) is 0.810. The number of carboxylic acid groups (broad SMARTS) is 1. The molecule has 0 bridgehead atoms. The van der Waals surface area contributed by atoms with Crippen molar-refractivity contribution in [2.45, 2.75) is 12.8 Å². The molecule has 0 unspecified atom stereocenters. The Hall–Kier alpha value is -2.63. The number of benzene rings is 1. The van der Waals surface area contributed by atoms with Crippen LogP contribution in [0.2, 0.25) is 0 Å². The lowest BCUT2D eigenvalue weighted by Gasteiger charge is -2.29.